The fourth-order valence-electron chi connectivity index (χ4n) is 4.01. The van der Waals surface area contributed by atoms with Gasteiger partial charge < -0.3 is 4.74 Å². The van der Waals surface area contributed by atoms with Gasteiger partial charge in [-0.2, -0.15) is 0 Å². The molecule has 0 aromatic heterocycles. The molecule has 2 aromatic rings. The number of amides is 2. The van der Waals surface area contributed by atoms with E-state index in [1.807, 2.05) is 89.2 Å². The molecule has 5 heteroatoms. The van der Waals surface area contributed by atoms with Crippen molar-refractivity contribution in [3.8, 4) is 0 Å². The number of benzene rings is 2. The molecule has 2 atom stereocenters. The molecular formula is C24H28BrNO3. The summed E-state index contributed by atoms with van der Waals surface area (Å²) in [6.45, 7) is 9.82. The highest BCUT2D eigenvalue weighted by molar-refractivity contribution is 9.10. The Labute approximate surface area is 181 Å². The van der Waals surface area contributed by atoms with Crippen molar-refractivity contribution in [3.05, 3.63) is 70.2 Å². The minimum Gasteiger partial charge on any atom is -0.441 e. The smallest absolute Gasteiger partial charge is 0.417 e. The first-order chi connectivity index (χ1) is 13.5. The molecule has 2 aromatic carbocycles. The Hall–Kier alpha value is -2.14. The molecule has 0 unspecified atom stereocenters. The van der Waals surface area contributed by atoms with Gasteiger partial charge in [0, 0.05) is 4.47 Å². The second-order valence-electron chi connectivity index (χ2n) is 9.24. The zero-order valence-electron chi connectivity index (χ0n) is 17.6. The first-order valence-corrected chi connectivity index (χ1v) is 10.7. The molecule has 1 aliphatic heterocycles. The fourth-order valence-corrected chi connectivity index (χ4v) is 4.27. The van der Waals surface area contributed by atoms with Crippen LogP contribution in [0.25, 0.3) is 0 Å². The number of halogens is 1. The summed E-state index contributed by atoms with van der Waals surface area (Å²) in [5.41, 5.74) is 0.833. The number of nitrogens with zero attached hydrogens (tertiary/aromatic N) is 1. The lowest BCUT2D eigenvalue weighted by molar-refractivity contribution is -0.133. The third-order valence-corrected chi connectivity index (χ3v) is 6.02. The van der Waals surface area contributed by atoms with Crippen LogP contribution in [0.3, 0.4) is 0 Å². The lowest BCUT2D eigenvalue weighted by atomic mass is 9.75. The largest absolute Gasteiger partial charge is 0.441 e. The number of carbonyl (C=O) groups excluding carboxylic acids is 2. The summed E-state index contributed by atoms with van der Waals surface area (Å²) in [7, 11) is 0. The molecular weight excluding hydrogens is 430 g/mol. The highest BCUT2D eigenvalue weighted by atomic mass is 79.9. The van der Waals surface area contributed by atoms with Crippen molar-refractivity contribution in [2.45, 2.75) is 58.6 Å². The van der Waals surface area contributed by atoms with Crippen LogP contribution < -0.4 is 0 Å². The van der Waals surface area contributed by atoms with Crippen molar-refractivity contribution < 1.29 is 14.3 Å². The molecule has 1 aliphatic rings. The van der Waals surface area contributed by atoms with E-state index in [4.69, 9.17) is 4.74 Å². The molecule has 0 aliphatic carbocycles. The molecule has 0 spiro atoms. The Morgan fingerprint density at radius 3 is 2.24 bits per heavy atom. The third-order valence-electron chi connectivity index (χ3n) is 5.49. The molecule has 29 heavy (non-hydrogen) atoms. The van der Waals surface area contributed by atoms with E-state index in [-0.39, 0.29) is 17.4 Å². The van der Waals surface area contributed by atoms with Crippen LogP contribution in [0.5, 0.6) is 0 Å². The number of cyclic esters (lactones) is 1. The predicted octanol–water partition coefficient (Wildman–Crippen LogP) is 5.95. The normalized spacial score (nSPS) is 19.7. The van der Waals surface area contributed by atoms with E-state index in [0.717, 1.165) is 15.6 Å². The molecule has 1 fully saturated rings. The first-order valence-electron chi connectivity index (χ1n) is 9.86. The Balaban J connectivity index is 2.00. The third kappa shape index (κ3) is 4.55. The van der Waals surface area contributed by atoms with Crippen LogP contribution in [-0.4, -0.2) is 28.5 Å². The van der Waals surface area contributed by atoms with Gasteiger partial charge in [-0.05, 0) is 48.9 Å². The van der Waals surface area contributed by atoms with E-state index < -0.39 is 17.6 Å². The van der Waals surface area contributed by atoms with Crippen molar-refractivity contribution in [1.82, 2.24) is 4.90 Å². The van der Waals surface area contributed by atoms with Crippen LogP contribution in [0.4, 0.5) is 4.79 Å². The summed E-state index contributed by atoms with van der Waals surface area (Å²) < 4.78 is 6.59. The minimum absolute atomic E-state index is 0.212. The fraction of sp³-hybridized carbons (Fsp3) is 0.417. The SMILES string of the molecule is CC(C)(C)[C@H](C(=O)N1C(=O)OC(C)(C)[C@@H]1Cc1ccccc1)c1ccc(Br)cc1. The van der Waals surface area contributed by atoms with Crippen molar-refractivity contribution in [1.29, 1.82) is 0 Å². The van der Waals surface area contributed by atoms with E-state index in [9.17, 15) is 9.59 Å². The van der Waals surface area contributed by atoms with Crippen LogP contribution in [0.15, 0.2) is 59.1 Å². The molecule has 1 saturated heterocycles. The van der Waals surface area contributed by atoms with Gasteiger partial charge >= 0.3 is 6.09 Å². The number of hydrogen-bond donors (Lipinski definition) is 0. The monoisotopic (exact) mass is 457 g/mol. The van der Waals surface area contributed by atoms with Gasteiger partial charge in [0.25, 0.3) is 0 Å². The van der Waals surface area contributed by atoms with Gasteiger partial charge in [-0.3, -0.25) is 4.79 Å². The van der Waals surface area contributed by atoms with Crippen molar-refractivity contribution in [3.63, 3.8) is 0 Å². The molecule has 0 saturated carbocycles. The van der Waals surface area contributed by atoms with E-state index in [1.54, 1.807) is 0 Å². The van der Waals surface area contributed by atoms with Gasteiger partial charge in [-0.25, -0.2) is 9.69 Å². The van der Waals surface area contributed by atoms with E-state index in [1.165, 1.54) is 4.90 Å². The van der Waals surface area contributed by atoms with E-state index >= 15 is 0 Å². The number of carbonyl (C=O) groups is 2. The number of ether oxygens (including phenoxy) is 1. The molecule has 1 heterocycles. The Kier molecular flexibility index (Phi) is 5.91. The van der Waals surface area contributed by atoms with Crippen molar-refractivity contribution in [2.24, 2.45) is 5.41 Å². The maximum absolute atomic E-state index is 13.8. The highest BCUT2D eigenvalue weighted by Gasteiger charge is 2.53. The van der Waals surface area contributed by atoms with Gasteiger partial charge in [0.2, 0.25) is 5.91 Å². The Morgan fingerprint density at radius 1 is 1.10 bits per heavy atom. The number of rotatable bonds is 4. The maximum atomic E-state index is 13.8. The van der Waals surface area contributed by atoms with Crippen LogP contribution in [0.2, 0.25) is 0 Å². The molecule has 2 amide bonds. The number of imide groups is 1. The second-order valence-corrected chi connectivity index (χ2v) is 10.2. The van der Waals surface area contributed by atoms with Crippen molar-refractivity contribution >= 4 is 27.9 Å². The van der Waals surface area contributed by atoms with Gasteiger partial charge in [0.15, 0.2) is 0 Å². The topological polar surface area (TPSA) is 46.6 Å². The Morgan fingerprint density at radius 2 is 1.69 bits per heavy atom. The maximum Gasteiger partial charge on any atom is 0.417 e. The summed E-state index contributed by atoms with van der Waals surface area (Å²) in [6, 6.07) is 17.3. The van der Waals surface area contributed by atoms with E-state index in [2.05, 4.69) is 15.9 Å². The summed E-state index contributed by atoms with van der Waals surface area (Å²) in [5.74, 6) is -0.674. The first kappa shape index (κ1) is 21.6. The zero-order valence-corrected chi connectivity index (χ0v) is 19.2. The van der Waals surface area contributed by atoms with E-state index in [0.29, 0.717) is 6.42 Å². The van der Waals surface area contributed by atoms with Crippen molar-refractivity contribution in [2.75, 3.05) is 0 Å². The highest BCUT2D eigenvalue weighted by Crippen LogP contribution is 2.41. The minimum atomic E-state index is -0.759. The summed E-state index contributed by atoms with van der Waals surface area (Å²) in [5, 5.41) is 0. The Bertz CT molecular complexity index is 885. The number of hydrogen-bond acceptors (Lipinski definition) is 3. The molecule has 0 bridgehead atoms. The van der Waals surface area contributed by atoms with Gasteiger partial charge in [-0.1, -0.05) is 79.2 Å². The quantitative estimate of drug-likeness (QED) is 0.569. The second kappa shape index (κ2) is 7.94. The lowest BCUT2D eigenvalue weighted by Crippen LogP contribution is -2.49. The van der Waals surface area contributed by atoms with Crippen LogP contribution >= 0.6 is 15.9 Å². The molecule has 4 nitrogen and oxygen atoms in total. The zero-order chi connectivity index (χ0) is 21.4. The lowest BCUT2D eigenvalue weighted by Gasteiger charge is -2.35. The molecule has 3 rings (SSSR count). The standard InChI is InChI=1S/C24H28BrNO3/c1-23(2,3)20(17-11-13-18(25)14-12-17)21(27)26-19(24(4,5)29-22(26)28)15-16-9-7-6-8-10-16/h6-14,19-20H,15H2,1-5H3/t19-,20-/m0/s1. The van der Waals surface area contributed by atoms with Crippen LogP contribution in [0, 0.1) is 5.41 Å². The summed E-state index contributed by atoms with van der Waals surface area (Å²) in [4.78, 5) is 28.0. The van der Waals surface area contributed by atoms with Gasteiger partial charge in [0.1, 0.15) is 5.60 Å². The predicted molar refractivity (Wildman–Crippen MR) is 118 cm³/mol. The van der Waals surface area contributed by atoms with Crippen LogP contribution in [0.1, 0.15) is 51.7 Å². The average molecular weight is 458 g/mol. The van der Waals surface area contributed by atoms with Crippen LogP contribution in [-0.2, 0) is 16.0 Å². The molecule has 154 valence electrons. The molecule has 0 radical (unpaired) electrons. The molecule has 0 N–H and O–H groups in total. The average Bonchev–Trinajstić information content (AvgIpc) is 2.85. The summed E-state index contributed by atoms with van der Waals surface area (Å²) in [6.07, 6.45) is -0.00464. The summed E-state index contributed by atoms with van der Waals surface area (Å²) >= 11 is 3.45. The van der Waals surface area contributed by atoms with Gasteiger partial charge in [0.05, 0.1) is 12.0 Å². The van der Waals surface area contributed by atoms with Gasteiger partial charge in [-0.15, -0.1) is 0 Å².